The topological polar surface area (TPSA) is 191 Å². The second-order valence-electron chi connectivity index (χ2n) is 6.23. The Morgan fingerprint density at radius 1 is 0.931 bits per heavy atom. The summed E-state index contributed by atoms with van der Waals surface area (Å²) in [5.41, 5.74) is 0. The molecule has 1 saturated heterocycles. The molecule has 164 valence electrons. The largest absolute Gasteiger partial charge is 0.467 e. The quantitative estimate of drug-likeness (QED) is 0.205. The summed E-state index contributed by atoms with van der Waals surface area (Å²) >= 11 is 0. The molecule has 13 nitrogen and oxygen atoms in total. The minimum absolute atomic E-state index is 0.267. The number of barbiturate groups is 1. The Labute approximate surface area is 165 Å². The molecule has 1 aliphatic rings. The number of aliphatic hydroxyl groups is 4. The highest BCUT2D eigenvalue weighted by Crippen LogP contribution is 2.14. The molecule has 1 rings (SSSR count). The highest BCUT2D eigenvalue weighted by atomic mass is 16.6. The first-order chi connectivity index (χ1) is 13.5. The van der Waals surface area contributed by atoms with Gasteiger partial charge in [-0.2, -0.15) is 0 Å². The number of imide groups is 2. The second kappa shape index (κ2) is 10.8. The zero-order chi connectivity index (χ0) is 22.3. The molecule has 29 heavy (non-hydrogen) atoms. The van der Waals surface area contributed by atoms with Crippen molar-refractivity contribution < 1.29 is 53.9 Å². The fourth-order valence-corrected chi connectivity index (χ4v) is 2.28. The molecule has 0 aromatic heterocycles. The van der Waals surface area contributed by atoms with E-state index >= 15 is 0 Å². The maximum absolute atomic E-state index is 12.3. The zero-order valence-electron chi connectivity index (χ0n) is 15.9. The lowest BCUT2D eigenvalue weighted by atomic mass is 10.2. The van der Waals surface area contributed by atoms with Gasteiger partial charge in [0.2, 0.25) is 11.8 Å². The lowest BCUT2D eigenvalue weighted by Crippen LogP contribution is -2.58. The van der Waals surface area contributed by atoms with E-state index in [1.807, 2.05) is 0 Å². The van der Waals surface area contributed by atoms with Gasteiger partial charge in [0.1, 0.15) is 19.1 Å². The van der Waals surface area contributed by atoms with Crippen LogP contribution in [0.3, 0.4) is 0 Å². The van der Waals surface area contributed by atoms with Crippen molar-refractivity contribution in [2.24, 2.45) is 0 Å². The van der Waals surface area contributed by atoms with E-state index in [-0.39, 0.29) is 13.0 Å². The number of hydrogen-bond donors (Lipinski definition) is 4. The summed E-state index contributed by atoms with van der Waals surface area (Å²) in [6.07, 6.45) is -7.40. The molecule has 0 radical (unpaired) electrons. The highest BCUT2D eigenvalue weighted by Gasteiger charge is 2.39. The normalized spacial score (nSPS) is 18.9. The Bertz CT molecular complexity index is 653. The van der Waals surface area contributed by atoms with Gasteiger partial charge in [-0.1, -0.05) is 6.92 Å². The van der Waals surface area contributed by atoms with Crippen molar-refractivity contribution in [3.05, 3.63) is 0 Å². The van der Waals surface area contributed by atoms with E-state index in [1.54, 1.807) is 6.92 Å². The molecule has 13 heteroatoms. The van der Waals surface area contributed by atoms with E-state index < -0.39 is 73.8 Å². The number of carbonyl (C=O) groups is 5. The third-order valence-corrected chi connectivity index (χ3v) is 4.03. The van der Waals surface area contributed by atoms with Crippen molar-refractivity contribution in [2.75, 3.05) is 26.8 Å². The Hall–Kier alpha value is -2.61. The summed E-state index contributed by atoms with van der Waals surface area (Å²) in [6, 6.07) is -1.04. The van der Waals surface area contributed by atoms with Crippen LogP contribution in [0.5, 0.6) is 0 Å². The van der Waals surface area contributed by atoms with Crippen LogP contribution in [0.1, 0.15) is 19.8 Å². The number of carbonyl (C=O) groups excluding carboxylic acids is 5. The van der Waals surface area contributed by atoms with E-state index in [0.717, 1.165) is 7.11 Å². The van der Waals surface area contributed by atoms with Crippen molar-refractivity contribution in [2.45, 2.75) is 44.2 Å². The van der Waals surface area contributed by atoms with Gasteiger partial charge in [0.05, 0.1) is 26.3 Å². The van der Waals surface area contributed by atoms with E-state index in [4.69, 9.17) is 0 Å². The van der Waals surface area contributed by atoms with Gasteiger partial charge in [-0.25, -0.2) is 14.4 Å². The van der Waals surface area contributed by atoms with E-state index in [1.165, 1.54) is 0 Å². The van der Waals surface area contributed by atoms with Crippen LogP contribution in [0.2, 0.25) is 0 Å². The van der Waals surface area contributed by atoms with Gasteiger partial charge in [-0.05, 0) is 6.42 Å². The van der Waals surface area contributed by atoms with Gasteiger partial charge in [0.15, 0.2) is 12.2 Å². The number of urea groups is 1. The molecule has 4 atom stereocenters. The first-order valence-electron chi connectivity index (χ1n) is 8.64. The number of aliphatic hydroxyl groups excluding tert-OH is 4. The maximum Gasteiger partial charge on any atom is 0.338 e. The van der Waals surface area contributed by atoms with Crippen LogP contribution in [0.4, 0.5) is 4.79 Å². The van der Waals surface area contributed by atoms with Crippen molar-refractivity contribution in [1.29, 1.82) is 0 Å². The molecular weight excluding hydrogens is 396 g/mol. The number of esters is 2. The van der Waals surface area contributed by atoms with Gasteiger partial charge in [-0.3, -0.25) is 19.4 Å². The summed E-state index contributed by atoms with van der Waals surface area (Å²) in [4.78, 5) is 60.1. The molecule has 0 saturated carbocycles. The van der Waals surface area contributed by atoms with Crippen LogP contribution < -0.4 is 0 Å². The van der Waals surface area contributed by atoms with Crippen LogP contribution in [-0.4, -0.2) is 111 Å². The van der Waals surface area contributed by atoms with Crippen LogP contribution in [0.15, 0.2) is 0 Å². The summed E-state index contributed by atoms with van der Waals surface area (Å²) in [5.74, 6) is -4.39. The summed E-state index contributed by atoms with van der Waals surface area (Å²) in [6.45, 7) is -0.101. The minimum atomic E-state index is -2.27. The Kier molecular flexibility index (Phi) is 9.10. The number of rotatable bonds is 10. The van der Waals surface area contributed by atoms with Crippen molar-refractivity contribution in [3.8, 4) is 0 Å². The lowest BCUT2D eigenvalue weighted by Gasteiger charge is -2.34. The fourth-order valence-electron chi connectivity index (χ4n) is 2.28. The number of hydrogen-bond acceptors (Lipinski definition) is 11. The minimum Gasteiger partial charge on any atom is -0.467 e. The summed E-state index contributed by atoms with van der Waals surface area (Å²) < 4.78 is 8.70. The molecule has 4 N–H and O–H groups in total. The Morgan fingerprint density at radius 3 is 1.90 bits per heavy atom. The number of methoxy groups -OCH3 is 1. The number of nitrogens with zero attached hydrogens (tertiary/aromatic N) is 2. The molecule has 1 fully saturated rings. The van der Waals surface area contributed by atoms with Crippen molar-refractivity contribution in [3.63, 3.8) is 0 Å². The molecule has 4 unspecified atom stereocenters. The molecule has 1 heterocycles. The summed E-state index contributed by atoms with van der Waals surface area (Å²) in [5, 5.41) is 38.4. The molecule has 0 spiro atoms. The number of amides is 4. The van der Waals surface area contributed by atoms with Gasteiger partial charge < -0.3 is 29.9 Å². The van der Waals surface area contributed by atoms with Crippen LogP contribution in [0, 0.1) is 0 Å². The first kappa shape index (κ1) is 24.4. The predicted octanol–water partition coefficient (Wildman–Crippen LogP) is -3.26. The molecule has 4 amide bonds. The molecule has 0 bridgehead atoms. The summed E-state index contributed by atoms with van der Waals surface area (Å²) in [7, 11) is 0.924. The zero-order valence-corrected chi connectivity index (χ0v) is 15.9. The Morgan fingerprint density at radius 2 is 1.41 bits per heavy atom. The van der Waals surface area contributed by atoms with Crippen LogP contribution in [-0.2, 0) is 28.7 Å². The molecular formula is C16H24N2O11. The van der Waals surface area contributed by atoms with Crippen molar-refractivity contribution >= 4 is 29.8 Å². The third-order valence-electron chi connectivity index (χ3n) is 4.03. The highest BCUT2D eigenvalue weighted by molar-refractivity contribution is 6.14. The molecule has 0 aliphatic carbocycles. The first-order valence-corrected chi connectivity index (χ1v) is 8.64. The monoisotopic (exact) mass is 420 g/mol. The average molecular weight is 420 g/mol. The Balaban J connectivity index is 2.65. The smallest absolute Gasteiger partial charge is 0.338 e. The maximum atomic E-state index is 12.3. The van der Waals surface area contributed by atoms with Crippen molar-refractivity contribution in [1.82, 2.24) is 9.80 Å². The van der Waals surface area contributed by atoms with Gasteiger partial charge in [0, 0.05) is 0 Å². The van der Waals surface area contributed by atoms with E-state index in [2.05, 4.69) is 9.47 Å². The predicted molar refractivity (Wildman–Crippen MR) is 90.7 cm³/mol. The second-order valence-corrected chi connectivity index (χ2v) is 6.23. The number of ether oxygens (including phenoxy) is 2. The third kappa shape index (κ3) is 6.45. The number of β-amino-alcohol motifs (C(OH)–C–C–N with tert-alkyl or cyclic N) is 2. The van der Waals surface area contributed by atoms with Gasteiger partial charge in [-0.15, -0.1) is 0 Å². The lowest BCUT2D eigenvalue weighted by molar-refractivity contribution is -0.173. The van der Waals surface area contributed by atoms with Gasteiger partial charge in [0.25, 0.3) is 0 Å². The average Bonchev–Trinajstić information content (AvgIpc) is 2.70. The molecule has 0 aromatic rings. The standard InChI is InChI=1S/C16H24N2O11/c1-3-8(19)5-17-10(21)4-11(22)18(16(17)27)6-9(20)7-29-15(26)13(24)12(23)14(25)28-2/h8-9,12-13,19-20,23-24H,3-7H2,1-2H3. The SMILES string of the molecule is CCC(O)CN1C(=O)CC(=O)N(CC(O)COC(=O)C(O)C(O)C(=O)OC)C1=O. The molecule has 1 aliphatic heterocycles. The van der Waals surface area contributed by atoms with E-state index in [9.17, 15) is 44.4 Å². The van der Waals surface area contributed by atoms with Crippen LogP contribution in [0.25, 0.3) is 0 Å². The molecule has 0 aromatic carbocycles. The van der Waals surface area contributed by atoms with E-state index in [0.29, 0.717) is 9.80 Å². The van der Waals surface area contributed by atoms with Gasteiger partial charge >= 0.3 is 18.0 Å². The fraction of sp³-hybridized carbons (Fsp3) is 0.688. The van der Waals surface area contributed by atoms with Crippen LogP contribution >= 0.6 is 0 Å².